The van der Waals surface area contributed by atoms with Crippen LogP contribution in [0.5, 0.6) is 5.75 Å². The molecule has 0 spiro atoms. The SMILES string of the molecule is COc1ccc(C2C(c3ccccc3)=C(c3ccccc3)Nc3nc4ccccc4n32)cc1. The van der Waals surface area contributed by atoms with Crippen LogP contribution in [0.4, 0.5) is 5.95 Å². The van der Waals surface area contributed by atoms with Gasteiger partial charge in [-0.15, -0.1) is 0 Å². The summed E-state index contributed by atoms with van der Waals surface area (Å²) in [6.45, 7) is 0. The van der Waals surface area contributed by atoms with Gasteiger partial charge in [0.15, 0.2) is 0 Å². The number of nitrogens with zero attached hydrogens (tertiary/aromatic N) is 2. The normalized spacial score (nSPS) is 15.2. The van der Waals surface area contributed by atoms with Crippen LogP contribution in [-0.2, 0) is 0 Å². The van der Waals surface area contributed by atoms with Crippen LogP contribution in [0, 0.1) is 0 Å². The Morgan fingerprint density at radius 3 is 2.06 bits per heavy atom. The van der Waals surface area contributed by atoms with Gasteiger partial charge in [0, 0.05) is 5.57 Å². The lowest BCUT2D eigenvalue weighted by Gasteiger charge is -2.33. The molecule has 4 nitrogen and oxygen atoms in total. The second kappa shape index (κ2) is 7.99. The average molecular weight is 430 g/mol. The molecule has 6 rings (SSSR count). The molecule has 0 saturated carbocycles. The molecule has 1 N–H and O–H groups in total. The number of imidazole rings is 1. The summed E-state index contributed by atoms with van der Waals surface area (Å²) in [4.78, 5) is 4.96. The molecule has 160 valence electrons. The van der Waals surface area contributed by atoms with E-state index < -0.39 is 0 Å². The zero-order chi connectivity index (χ0) is 22.2. The molecule has 0 saturated heterocycles. The lowest BCUT2D eigenvalue weighted by atomic mass is 9.87. The fourth-order valence-corrected chi connectivity index (χ4v) is 4.69. The van der Waals surface area contributed by atoms with E-state index in [1.165, 1.54) is 16.7 Å². The van der Waals surface area contributed by atoms with Crippen LogP contribution in [0.1, 0.15) is 22.7 Å². The summed E-state index contributed by atoms with van der Waals surface area (Å²) >= 11 is 0. The number of para-hydroxylation sites is 2. The maximum atomic E-state index is 5.44. The van der Waals surface area contributed by atoms with E-state index >= 15 is 0 Å². The molecule has 1 aliphatic rings. The molecule has 5 aromatic rings. The zero-order valence-corrected chi connectivity index (χ0v) is 18.3. The van der Waals surface area contributed by atoms with Crippen LogP contribution in [0.3, 0.4) is 0 Å². The number of benzene rings is 4. The molecular weight excluding hydrogens is 406 g/mol. The van der Waals surface area contributed by atoms with Gasteiger partial charge < -0.3 is 10.1 Å². The molecule has 0 bridgehead atoms. The monoisotopic (exact) mass is 429 g/mol. The number of allylic oxidation sites excluding steroid dienone is 1. The van der Waals surface area contributed by atoms with Gasteiger partial charge in [0.2, 0.25) is 5.95 Å². The van der Waals surface area contributed by atoms with Gasteiger partial charge in [-0.05, 0) is 41.0 Å². The highest BCUT2D eigenvalue weighted by molar-refractivity contribution is 6.01. The smallest absolute Gasteiger partial charge is 0.209 e. The van der Waals surface area contributed by atoms with E-state index in [1.54, 1.807) is 7.11 Å². The number of fused-ring (bicyclic) bond motifs is 3. The molecule has 33 heavy (non-hydrogen) atoms. The Morgan fingerprint density at radius 1 is 0.727 bits per heavy atom. The summed E-state index contributed by atoms with van der Waals surface area (Å²) in [7, 11) is 1.70. The lowest BCUT2D eigenvalue weighted by molar-refractivity contribution is 0.414. The quantitative estimate of drug-likeness (QED) is 0.349. The van der Waals surface area contributed by atoms with Crippen molar-refractivity contribution in [3.8, 4) is 5.75 Å². The van der Waals surface area contributed by atoms with Gasteiger partial charge >= 0.3 is 0 Å². The number of anilines is 1. The Hall–Kier alpha value is -4.31. The Bertz CT molecular complexity index is 1450. The van der Waals surface area contributed by atoms with Crippen molar-refractivity contribution in [3.05, 3.63) is 126 Å². The molecule has 2 heterocycles. The molecule has 0 amide bonds. The summed E-state index contributed by atoms with van der Waals surface area (Å²) < 4.78 is 7.75. The molecule has 1 aromatic heterocycles. The number of hydrogen-bond donors (Lipinski definition) is 1. The highest BCUT2D eigenvalue weighted by atomic mass is 16.5. The highest BCUT2D eigenvalue weighted by Crippen LogP contribution is 2.46. The maximum Gasteiger partial charge on any atom is 0.209 e. The van der Waals surface area contributed by atoms with Crippen molar-refractivity contribution in [2.24, 2.45) is 0 Å². The number of ether oxygens (including phenoxy) is 1. The van der Waals surface area contributed by atoms with Crippen molar-refractivity contribution in [2.45, 2.75) is 6.04 Å². The fourth-order valence-electron chi connectivity index (χ4n) is 4.69. The Balaban J connectivity index is 1.69. The first-order valence-corrected chi connectivity index (χ1v) is 11.1. The van der Waals surface area contributed by atoms with Gasteiger partial charge in [-0.1, -0.05) is 84.9 Å². The molecular formula is C29H23N3O. The van der Waals surface area contributed by atoms with E-state index in [0.717, 1.165) is 34.0 Å². The van der Waals surface area contributed by atoms with Crippen LogP contribution in [0.25, 0.3) is 22.3 Å². The Labute approximate surface area is 192 Å². The minimum Gasteiger partial charge on any atom is -0.497 e. The molecule has 1 unspecified atom stereocenters. The summed E-state index contributed by atoms with van der Waals surface area (Å²) in [5.41, 5.74) is 7.84. The summed E-state index contributed by atoms with van der Waals surface area (Å²) in [6, 6.07) is 37.7. The molecule has 0 aliphatic carbocycles. The van der Waals surface area contributed by atoms with Gasteiger partial charge in [0.25, 0.3) is 0 Å². The first-order chi connectivity index (χ1) is 16.3. The topological polar surface area (TPSA) is 39.1 Å². The third-order valence-corrected chi connectivity index (χ3v) is 6.21. The molecule has 0 fully saturated rings. The van der Waals surface area contributed by atoms with Crippen molar-refractivity contribution >= 4 is 28.3 Å². The Morgan fingerprint density at radius 2 is 1.36 bits per heavy atom. The second-order valence-corrected chi connectivity index (χ2v) is 8.12. The van der Waals surface area contributed by atoms with Gasteiger partial charge in [-0.25, -0.2) is 4.98 Å². The molecule has 4 aromatic carbocycles. The first-order valence-electron chi connectivity index (χ1n) is 11.1. The van der Waals surface area contributed by atoms with Crippen molar-refractivity contribution in [1.29, 1.82) is 0 Å². The van der Waals surface area contributed by atoms with E-state index in [1.807, 2.05) is 24.3 Å². The minimum absolute atomic E-state index is 0.0582. The first kappa shape index (κ1) is 19.4. The predicted octanol–water partition coefficient (Wildman–Crippen LogP) is 6.63. The summed E-state index contributed by atoms with van der Waals surface area (Å²) in [5, 5.41) is 3.68. The molecule has 1 atom stereocenters. The van der Waals surface area contributed by atoms with Crippen LogP contribution < -0.4 is 10.1 Å². The fraction of sp³-hybridized carbons (Fsp3) is 0.0690. The van der Waals surface area contributed by atoms with Crippen molar-refractivity contribution < 1.29 is 4.74 Å². The van der Waals surface area contributed by atoms with Gasteiger partial charge in [0.1, 0.15) is 5.75 Å². The van der Waals surface area contributed by atoms with E-state index in [0.29, 0.717) is 0 Å². The van der Waals surface area contributed by atoms with Crippen LogP contribution >= 0.6 is 0 Å². The standard InChI is InChI=1S/C29H23N3O/c1-33-23-18-16-22(17-19-23)28-26(20-10-4-2-5-11-20)27(21-12-6-3-7-13-21)31-29-30-24-14-8-9-15-25(24)32(28)29/h2-19,28H,1H3,(H,30,31). The van der Waals surface area contributed by atoms with Crippen LogP contribution in [-0.4, -0.2) is 16.7 Å². The number of methoxy groups -OCH3 is 1. The molecule has 4 heteroatoms. The average Bonchev–Trinajstić information content (AvgIpc) is 3.27. The zero-order valence-electron chi connectivity index (χ0n) is 18.3. The second-order valence-electron chi connectivity index (χ2n) is 8.12. The number of nitrogens with one attached hydrogen (secondary N) is 1. The molecule has 0 radical (unpaired) electrons. The van der Waals surface area contributed by atoms with Gasteiger partial charge in [0.05, 0.1) is 29.9 Å². The van der Waals surface area contributed by atoms with Crippen LogP contribution in [0.2, 0.25) is 0 Å². The minimum atomic E-state index is -0.0582. The number of aromatic nitrogens is 2. The van der Waals surface area contributed by atoms with E-state index in [9.17, 15) is 0 Å². The third kappa shape index (κ3) is 3.28. The predicted molar refractivity (Wildman–Crippen MR) is 134 cm³/mol. The summed E-state index contributed by atoms with van der Waals surface area (Å²) in [6.07, 6.45) is 0. The highest BCUT2D eigenvalue weighted by Gasteiger charge is 2.32. The third-order valence-electron chi connectivity index (χ3n) is 6.21. The van der Waals surface area contributed by atoms with Gasteiger partial charge in [-0.3, -0.25) is 4.57 Å². The maximum absolute atomic E-state index is 5.44. The van der Waals surface area contributed by atoms with Crippen molar-refractivity contribution in [3.63, 3.8) is 0 Å². The van der Waals surface area contributed by atoms with E-state index in [2.05, 4.69) is 94.8 Å². The lowest BCUT2D eigenvalue weighted by Crippen LogP contribution is -2.23. The van der Waals surface area contributed by atoms with E-state index in [-0.39, 0.29) is 6.04 Å². The van der Waals surface area contributed by atoms with Crippen molar-refractivity contribution in [2.75, 3.05) is 12.4 Å². The van der Waals surface area contributed by atoms with Crippen LogP contribution in [0.15, 0.2) is 109 Å². The molecule has 1 aliphatic heterocycles. The van der Waals surface area contributed by atoms with Gasteiger partial charge in [-0.2, -0.15) is 0 Å². The largest absolute Gasteiger partial charge is 0.497 e. The number of hydrogen-bond acceptors (Lipinski definition) is 3. The number of rotatable bonds is 4. The van der Waals surface area contributed by atoms with Crippen molar-refractivity contribution in [1.82, 2.24) is 9.55 Å². The Kier molecular flexibility index (Phi) is 4.69. The summed E-state index contributed by atoms with van der Waals surface area (Å²) in [5.74, 6) is 1.69. The van der Waals surface area contributed by atoms with E-state index in [4.69, 9.17) is 9.72 Å².